The number of Topliss-reactive ketones (excluding diaryl/α,β-unsaturated/α-hetero) is 1. The quantitative estimate of drug-likeness (QED) is 0.725. The Kier molecular flexibility index (Phi) is 3.56. The smallest absolute Gasteiger partial charge is 0.219 e. The van der Waals surface area contributed by atoms with E-state index >= 15 is 0 Å². The van der Waals surface area contributed by atoms with Gasteiger partial charge in [0, 0.05) is 12.0 Å². The first-order chi connectivity index (χ1) is 6.65. The van der Waals surface area contributed by atoms with Crippen molar-refractivity contribution in [3.63, 3.8) is 0 Å². The topological polar surface area (TPSA) is 52.1 Å². The summed E-state index contributed by atoms with van der Waals surface area (Å²) in [5, 5.41) is 0. The van der Waals surface area contributed by atoms with Crippen molar-refractivity contribution in [1.29, 1.82) is 0 Å². The molecular formula is C10H14N2O2. The van der Waals surface area contributed by atoms with Gasteiger partial charge < -0.3 is 9.53 Å². The van der Waals surface area contributed by atoms with Crippen LogP contribution in [0, 0.1) is 6.92 Å². The highest BCUT2D eigenvalue weighted by molar-refractivity contribution is 5.75. The number of rotatable bonds is 4. The van der Waals surface area contributed by atoms with Crippen LogP contribution in [0.4, 0.5) is 0 Å². The maximum Gasteiger partial charge on any atom is 0.219 e. The molecule has 14 heavy (non-hydrogen) atoms. The summed E-state index contributed by atoms with van der Waals surface area (Å²) in [4.78, 5) is 18.9. The maximum atomic E-state index is 10.8. The number of ether oxygens (including phenoxy) is 1. The largest absolute Gasteiger partial charge is 0.481 e. The number of aryl methyl sites for hydroxylation is 1. The fourth-order valence-corrected chi connectivity index (χ4v) is 1.22. The minimum absolute atomic E-state index is 0.168. The molecule has 0 unspecified atom stereocenters. The molecule has 0 radical (unpaired) electrons. The van der Waals surface area contributed by atoms with Crippen molar-refractivity contribution in [3.8, 4) is 5.88 Å². The summed E-state index contributed by atoms with van der Waals surface area (Å²) in [6.07, 6.45) is 2.63. The zero-order valence-electron chi connectivity index (χ0n) is 8.70. The Morgan fingerprint density at radius 3 is 2.79 bits per heavy atom. The minimum Gasteiger partial charge on any atom is -0.481 e. The van der Waals surface area contributed by atoms with E-state index in [0.29, 0.717) is 18.7 Å². The zero-order chi connectivity index (χ0) is 10.6. The minimum atomic E-state index is 0.168. The Bertz CT molecular complexity index is 337. The summed E-state index contributed by atoms with van der Waals surface area (Å²) in [5.74, 6) is 0.750. The van der Waals surface area contributed by atoms with Crippen molar-refractivity contribution in [1.82, 2.24) is 9.97 Å². The van der Waals surface area contributed by atoms with Crippen LogP contribution in [0.15, 0.2) is 6.33 Å². The molecular weight excluding hydrogens is 180 g/mol. The first kappa shape index (κ1) is 10.6. The molecule has 0 aliphatic heterocycles. The summed E-state index contributed by atoms with van der Waals surface area (Å²) >= 11 is 0. The Morgan fingerprint density at radius 2 is 2.21 bits per heavy atom. The summed E-state index contributed by atoms with van der Waals surface area (Å²) in [6.45, 7) is 3.47. The Morgan fingerprint density at radius 1 is 1.50 bits per heavy atom. The van der Waals surface area contributed by atoms with Gasteiger partial charge in [-0.05, 0) is 20.3 Å². The highest BCUT2D eigenvalue weighted by atomic mass is 16.5. The van der Waals surface area contributed by atoms with Crippen LogP contribution in [0.25, 0.3) is 0 Å². The molecule has 4 nitrogen and oxygen atoms in total. The van der Waals surface area contributed by atoms with Gasteiger partial charge in [0.25, 0.3) is 0 Å². The van der Waals surface area contributed by atoms with Gasteiger partial charge in [0.2, 0.25) is 5.88 Å². The molecule has 1 rings (SSSR count). The monoisotopic (exact) mass is 194 g/mol. The van der Waals surface area contributed by atoms with Crippen molar-refractivity contribution < 1.29 is 9.53 Å². The van der Waals surface area contributed by atoms with Gasteiger partial charge in [-0.3, -0.25) is 0 Å². The Hall–Kier alpha value is -1.45. The van der Waals surface area contributed by atoms with E-state index in [9.17, 15) is 4.79 Å². The lowest BCUT2D eigenvalue weighted by atomic mass is 10.1. The van der Waals surface area contributed by atoms with Crippen LogP contribution in [0.1, 0.15) is 24.6 Å². The molecule has 4 heteroatoms. The molecule has 1 heterocycles. The van der Waals surface area contributed by atoms with Crippen LogP contribution in [-0.2, 0) is 11.2 Å². The molecule has 0 spiro atoms. The third-order valence-corrected chi connectivity index (χ3v) is 2.05. The van der Waals surface area contributed by atoms with Crippen molar-refractivity contribution in [2.45, 2.75) is 26.7 Å². The molecule has 0 amide bonds. The molecule has 0 aromatic carbocycles. The number of aromatic nitrogens is 2. The molecule has 0 aliphatic rings. The third-order valence-electron chi connectivity index (χ3n) is 2.05. The van der Waals surface area contributed by atoms with Gasteiger partial charge in [0.15, 0.2) is 0 Å². The number of hydrogen-bond acceptors (Lipinski definition) is 4. The SMILES string of the molecule is COc1ncnc(CCC(C)=O)c1C. The van der Waals surface area contributed by atoms with Crippen molar-refractivity contribution >= 4 is 5.78 Å². The number of nitrogens with zero attached hydrogens (tertiary/aromatic N) is 2. The van der Waals surface area contributed by atoms with Crippen LogP contribution in [-0.4, -0.2) is 22.9 Å². The van der Waals surface area contributed by atoms with E-state index in [1.165, 1.54) is 6.33 Å². The molecule has 0 aliphatic carbocycles. The van der Waals surface area contributed by atoms with E-state index in [0.717, 1.165) is 11.3 Å². The van der Waals surface area contributed by atoms with E-state index in [1.54, 1.807) is 14.0 Å². The first-order valence-corrected chi connectivity index (χ1v) is 4.49. The average Bonchev–Trinajstić information content (AvgIpc) is 2.16. The number of carbonyl (C=O) groups is 1. The van der Waals surface area contributed by atoms with Gasteiger partial charge in [-0.25, -0.2) is 9.97 Å². The van der Waals surface area contributed by atoms with E-state index in [-0.39, 0.29) is 5.78 Å². The van der Waals surface area contributed by atoms with Crippen LogP contribution >= 0.6 is 0 Å². The summed E-state index contributed by atoms with van der Waals surface area (Å²) < 4.78 is 5.06. The molecule has 0 bridgehead atoms. The van der Waals surface area contributed by atoms with Crippen LogP contribution in [0.2, 0.25) is 0 Å². The molecule has 0 saturated carbocycles. The van der Waals surface area contributed by atoms with Gasteiger partial charge in [0.1, 0.15) is 12.1 Å². The second kappa shape index (κ2) is 4.69. The van der Waals surface area contributed by atoms with Crippen LogP contribution in [0.5, 0.6) is 5.88 Å². The summed E-state index contributed by atoms with van der Waals surface area (Å²) in [6, 6.07) is 0. The summed E-state index contributed by atoms with van der Waals surface area (Å²) in [5.41, 5.74) is 1.79. The number of carbonyl (C=O) groups excluding carboxylic acids is 1. The predicted molar refractivity (Wildman–Crippen MR) is 52.3 cm³/mol. The van der Waals surface area contributed by atoms with Crippen molar-refractivity contribution in [2.24, 2.45) is 0 Å². The van der Waals surface area contributed by atoms with E-state index in [1.807, 2.05) is 6.92 Å². The third kappa shape index (κ3) is 2.52. The van der Waals surface area contributed by atoms with Crippen molar-refractivity contribution in [2.75, 3.05) is 7.11 Å². The van der Waals surface area contributed by atoms with Crippen LogP contribution < -0.4 is 4.74 Å². The number of hydrogen-bond donors (Lipinski definition) is 0. The second-order valence-corrected chi connectivity index (χ2v) is 3.16. The van der Waals surface area contributed by atoms with E-state index in [4.69, 9.17) is 4.74 Å². The highest BCUT2D eigenvalue weighted by Crippen LogP contribution is 2.16. The maximum absolute atomic E-state index is 10.8. The standard InChI is InChI=1S/C10H14N2O2/c1-7(13)4-5-9-8(2)10(14-3)12-6-11-9/h6H,4-5H2,1-3H3. The molecule has 0 fully saturated rings. The second-order valence-electron chi connectivity index (χ2n) is 3.16. The van der Waals surface area contributed by atoms with E-state index in [2.05, 4.69) is 9.97 Å². The molecule has 0 atom stereocenters. The van der Waals surface area contributed by atoms with Gasteiger partial charge in [-0.15, -0.1) is 0 Å². The highest BCUT2D eigenvalue weighted by Gasteiger charge is 2.07. The lowest BCUT2D eigenvalue weighted by molar-refractivity contribution is -0.116. The zero-order valence-corrected chi connectivity index (χ0v) is 8.70. The van der Waals surface area contributed by atoms with Gasteiger partial charge in [-0.2, -0.15) is 0 Å². The van der Waals surface area contributed by atoms with Crippen LogP contribution in [0.3, 0.4) is 0 Å². The molecule has 1 aromatic heterocycles. The van der Waals surface area contributed by atoms with Gasteiger partial charge >= 0.3 is 0 Å². The molecule has 1 aromatic rings. The first-order valence-electron chi connectivity index (χ1n) is 4.49. The molecule has 76 valence electrons. The van der Waals surface area contributed by atoms with E-state index < -0.39 is 0 Å². The molecule has 0 saturated heterocycles. The summed E-state index contributed by atoms with van der Waals surface area (Å²) in [7, 11) is 1.57. The normalized spacial score (nSPS) is 9.93. The van der Waals surface area contributed by atoms with Gasteiger partial charge in [0.05, 0.1) is 12.8 Å². The Labute approximate surface area is 83.3 Å². The van der Waals surface area contributed by atoms with Crippen molar-refractivity contribution in [3.05, 3.63) is 17.6 Å². The van der Waals surface area contributed by atoms with Gasteiger partial charge in [-0.1, -0.05) is 0 Å². The lowest BCUT2D eigenvalue weighted by Gasteiger charge is -2.06. The fourth-order valence-electron chi connectivity index (χ4n) is 1.22. The average molecular weight is 194 g/mol. The number of ketones is 1. The Balaban J connectivity index is 2.81. The lowest BCUT2D eigenvalue weighted by Crippen LogP contribution is -2.02. The fraction of sp³-hybridized carbons (Fsp3) is 0.500. The molecule has 0 N–H and O–H groups in total. The number of methoxy groups -OCH3 is 1. The predicted octanol–water partition coefficient (Wildman–Crippen LogP) is 1.32.